The maximum absolute atomic E-state index is 13.6. The van der Waals surface area contributed by atoms with Gasteiger partial charge in [0.25, 0.3) is 5.91 Å². The summed E-state index contributed by atoms with van der Waals surface area (Å²) in [6.45, 7) is 0.544. The fourth-order valence-electron chi connectivity index (χ4n) is 3.84. The van der Waals surface area contributed by atoms with Crippen molar-refractivity contribution in [3.05, 3.63) is 111 Å². The van der Waals surface area contributed by atoms with Crippen LogP contribution in [-0.4, -0.2) is 15.4 Å². The van der Waals surface area contributed by atoms with Gasteiger partial charge in [-0.15, -0.1) is 11.3 Å². The normalized spacial score (nSPS) is 15.6. The minimum atomic E-state index is -0.148. The number of aromatic nitrogens is 1. The summed E-state index contributed by atoms with van der Waals surface area (Å²) < 4.78 is 2.20. The largest absolute Gasteiger partial charge is 0.321 e. The zero-order valence-electron chi connectivity index (χ0n) is 15.0. The summed E-state index contributed by atoms with van der Waals surface area (Å²) in [6.07, 6.45) is 2.07. The smallest absolute Gasteiger partial charge is 0.255 e. The minimum Gasteiger partial charge on any atom is -0.321 e. The average Bonchev–Trinajstić information content (AvgIpc) is 3.39. The Balaban J connectivity index is 1.70. The first kappa shape index (κ1) is 17.3. The monoisotopic (exact) mass is 404 g/mol. The van der Waals surface area contributed by atoms with Crippen LogP contribution in [0.5, 0.6) is 0 Å². The lowest BCUT2D eigenvalue weighted by Gasteiger charge is -2.30. The van der Waals surface area contributed by atoms with Crippen LogP contribution in [0.1, 0.15) is 32.5 Å². The van der Waals surface area contributed by atoms with Gasteiger partial charge in [-0.05, 0) is 59.5 Å². The van der Waals surface area contributed by atoms with Crippen molar-refractivity contribution in [2.75, 3.05) is 0 Å². The van der Waals surface area contributed by atoms with E-state index >= 15 is 0 Å². The Morgan fingerprint density at radius 1 is 0.964 bits per heavy atom. The third-order valence-corrected chi connectivity index (χ3v) is 6.31. The summed E-state index contributed by atoms with van der Waals surface area (Å²) >= 11 is 7.71. The molecule has 1 aliphatic rings. The first-order chi connectivity index (χ1) is 13.7. The molecule has 0 radical (unpaired) electrons. The van der Waals surface area contributed by atoms with E-state index in [0.717, 1.165) is 21.8 Å². The van der Waals surface area contributed by atoms with E-state index in [4.69, 9.17) is 11.6 Å². The van der Waals surface area contributed by atoms with Crippen molar-refractivity contribution in [1.29, 1.82) is 0 Å². The molecular weight excluding hydrogens is 388 g/mol. The van der Waals surface area contributed by atoms with Gasteiger partial charge in [0, 0.05) is 28.2 Å². The molecule has 0 bridgehead atoms. The third kappa shape index (κ3) is 2.86. The van der Waals surface area contributed by atoms with Crippen molar-refractivity contribution < 1.29 is 4.79 Å². The molecular formula is C23H17ClN2OS. The third-order valence-electron chi connectivity index (χ3n) is 5.13. The number of carbonyl (C=O) groups excluding carboxylic acids is 1. The molecule has 2 aromatic carbocycles. The molecule has 0 saturated heterocycles. The number of hydrogen-bond donors (Lipinski definition) is 0. The first-order valence-electron chi connectivity index (χ1n) is 9.08. The highest BCUT2D eigenvalue weighted by Crippen LogP contribution is 2.39. The van der Waals surface area contributed by atoms with Gasteiger partial charge in [0.2, 0.25) is 0 Å². The summed E-state index contributed by atoms with van der Waals surface area (Å²) in [7, 11) is 0. The number of hydrogen-bond acceptors (Lipinski definition) is 2. The fourth-order valence-corrected chi connectivity index (χ4v) is 4.82. The minimum absolute atomic E-state index is 0.000445. The molecule has 4 aromatic rings. The summed E-state index contributed by atoms with van der Waals surface area (Å²) in [5.74, 6) is -0.000445. The van der Waals surface area contributed by atoms with Crippen LogP contribution in [0, 0.1) is 0 Å². The number of halogens is 1. The van der Waals surface area contributed by atoms with E-state index < -0.39 is 0 Å². The van der Waals surface area contributed by atoms with Crippen molar-refractivity contribution in [2.24, 2.45) is 0 Å². The predicted octanol–water partition coefficient (Wildman–Crippen LogP) is 5.94. The molecule has 3 heterocycles. The highest BCUT2D eigenvalue weighted by atomic mass is 35.5. The molecule has 5 heteroatoms. The van der Waals surface area contributed by atoms with Crippen molar-refractivity contribution in [1.82, 2.24) is 9.47 Å². The second-order valence-corrected chi connectivity index (χ2v) is 8.21. The van der Waals surface area contributed by atoms with Crippen LogP contribution in [0.2, 0.25) is 5.02 Å². The van der Waals surface area contributed by atoms with Crippen molar-refractivity contribution in [3.8, 4) is 5.69 Å². The zero-order chi connectivity index (χ0) is 19.1. The van der Waals surface area contributed by atoms with Gasteiger partial charge < -0.3 is 9.47 Å². The second-order valence-electron chi connectivity index (χ2n) is 6.79. The number of carbonyl (C=O) groups is 1. The quantitative estimate of drug-likeness (QED) is 0.406. The maximum Gasteiger partial charge on any atom is 0.255 e. The number of benzene rings is 2. The molecule has 1 aliphatic heterocycles. The lowest BCUT2D eigenvalue weighted by atomic mass is 10.1. The van der Waals surface area contributed by atoms with Crippen molar-refractivity contribution >= 4 is 28.8 Å². The molecule has 0 spiro atoms. The van der Waals surface area contributed by atoms with Gasteiger partial charge in [0.1, 0.15) is 6.04 Å². The fraction of sp³-hybridized carbons (Fsp3) is 0.0870. The van der Waals surface area contributed by atoms with E-state index in [2.05, 4.69) is 40.4 Å². The highest BCUT2D eigenvalue weighted by Gasteiger charge is 2.33. The molecule has 0 fully saturated rings. The molecule has 0 saturated carbocycles. The van der Waals surface area contributed by atoms with Crippen LogP contribution in [0.25, 0.3) is 5.69 Å². The Hall–Kier alpha value is -2.82. The van der Waals surface area contributed by atoms with Crippen LogP contribution in [0.3, 0.4) is 0 Å². The highest BCUT2D eigenvalue weighted by molar-refractivity contribution is 7.10. The van der Waals surface area contributed by atoms with Crippen LogP contribution in [-0.2, 0) is 6.54 Å². The summed E-state index contributed by atoms with van der Waals surface area (Å²) in [5.41, 5.74) is 3.98. The Morgan fingerprint density at radius 2 is 1.79 bits per heavy atom. The molecule has 28 heavy (non-hydrogen) atoms. The number of thiophene rings is 1. The zero-order valence-corrected chi connectivity index (χ0v) is 16.5. The molecule has 1 amide bonds. The van der Waals surface area contributed by atoms with Crippen LogP contribution in [0.4, 0.5) is 0 Å². The van der Waals surface area contributed by atoms with Gasteiger partial charge in [-0.2, -0.15) is 0 Å². The molecule has 0 N–H and O–H groups in total. The van der Waals surface area contributed by atoms with E-state index in [0.29, 0.717) is 17.1 Å². The number of rotatable bonds is 2. The lowest BCUT2D eigenvalue weighted by Crippen LogP contribution is -2.34. The topological polar surface area (TPSA) is 25.2 Å². The average molecular weight is 405 g/mol. The van der Waals surface area contributed by atoms with Gasteiger partial charge in [0.15, 0.2) is 0 Å². The Bertz CT molecular complexity index is 1130. The Kier molecular flexibility index (Phi) is 4.30. The summed E-state index contributed by atoms with van der Waals surface area (Å²) in [4.78, 5) is 16.7. The molecule has 0 unspecified atom stereocenters. The van der Waals surface area contributed by atoms with Gasteiger partial charge in [-0.1, -0.05) is 35.9 Å². The number of nitrogens with zero attached hydrogens (tertiary/aromatic N) is 2. The van der Waals surface area contributed by atoms with Crippen molar-refractivity contribution in [2.45, 2.75) is 12.6 Å². The van der Waals surface area contributed by atoms with Crippen LogP contribution in [0.15, 0.2) is 84.4 Å². The molecule has 5 rings (SSSR count). The predicted molar refractivity (Wildman–Crippen MR) is 113 cm³/mol. The lowest BCUT2D eigenvalue weighted by molar-refractivity contribution is 0.0693. The number of para-hydroxylation sites is 1. The van der Waals surface area contributed by atoms with Crippen molar-refractivity contribution in [3.63, 3.8) is 0 Å². The molecule has 2 aromatic heterocycles. The molecule has 1 atom stereocenters. The Labute approximate surface area is 172 Å². The first-order valence-corrected chi connectivity index (χ1v) is 10.3. The molecule has 0 aliphatic carbocycles. The standard InChI is InChI=1S/C23H17ClN2OS/c24-18-11-9-16(10-12-18)23(27)26-15-17-5-1-2-6-19(17)25-13-3-7-20(25)22(26)21-8-4-14-28-21/h1-14,22H,15H2/t22-/m1/s1. The maximum atomic E-state index is 13.6. The Morgan fingerprint density at radius 3 is 2.57 bits per heavy atom. The second kappa shape index (κ2) is 6.97. The molecule has 3 nitrogen and oxygen atoms in total. The summed E-state index contributed by atoms with van der Waals surface area (Å²) in [5, 5.41) is 2.69. The van der Waals surface area contributed by atoms with Gasteiger partial charge in [0.05, 0.1) is 11.4 Å². The SMILES string of the molecule is O=C(c1ccc(Cl)cc1)N1Cc2ccccc2-n2cccc2[C@@H]1c1cccs1. The van der Waals surface area contributed by atoms with E-state index in [1.807, 2.05) is 29.2 Å². The van der Waals surface area contributed by atoms with Gasteiger partial charge in [-0.25, -0.2) is 0 Å². The number of amides is 1. The van der Waals surface area contributed by atoms with Crippen LogP contribution < -0.4 is 0 Å². The molecule has 138 valence electrons. The van der Waals surface area contributed by atoms with Gasteiger partial charge >= 0.3 is 0 Å². The van der Waals surface area contributed by atoms with Gasteiger partial charge in [-0.3, -0.25) is 4.79 Å². The number of fused-ring (bicyclic) bond motifs is 3. The van der Waals surface area contributed by atoms with E-state index in [1.165, 1.54) is 0 Å². The van der Waals surface area contributed by atoms with E-state index in [-0.39, 0.29) is 11.9 Å². The summed E-state index contributed by atoms with van der Waals surface area (Å²) in [6, 6.07) is 23.5. The van der Waals surface area contributed by atoms with E-state index in [9.17, 15) is 4.79 Å². The van der Waals surface area contributed by atoms with E-state index in [1.54, 1.807) is 35.6 Å². The van der Waals surface area contributed by atoms with Crippen LogP contribution >= 0.6 is 22.9 Å².